The van der Waals surface area contributed by atoms with Crippen LogP contribution in [0.2, 0.25) is 0 Å². The molecule has 4 rings (SSSR count). The minimum absolute atomic E-state index is 0.114. The number of hydrogen-bond acceptors (Lipinski definition) is 5. The van der Waals surface area contributed by atoms with Crippen molar-refractivity contribution in [3.63, 3.8) is 0 Å². The average Bonchev–Trinajstić information content (AvgIpc) is 3.27. The summed E-state index contributed by atoms with van der Waals surface area (Å²) >= 11 is 0. The topological polar surface area (TPSA) is 89.9 Å². The Morgan fingerprint density at radius 2 is 2.20 bits per heavy atom. The number of primary amides is 1. The van der Waals surface area contributed by atoms with Gasteiger partial charge in [-0.3, -0.25) is 14.3 Å². The maximum Gasteiger partial charge on any atom is 0.227 e. The highest BCUT2D eigenvalue weighted by molar-refractivity contribution is 5.83. The summed E-state index contributed by atoms with van der Waals surface area (Å²) in [6, 6.07) is 10.1. The Kier molecular flexibility index (Phi) is 3.83. The molecule has 25 heavy (non-hydrogen) atoms. The third-order valence-corrected chi connectivity index (χ3v) is 4.78. The van der Waals surface area contributed by atoms with Crippen molar-refractivity contribution in [2.45, 2.75) is 19.9 Å². The van der Waals surface area contributed by atoms with Crippen LogP contribution in [0.4, 0.5) is 5.95 Å². The maximum absolute atomic E-state index is 11.4. The van der Waals surface area contributed by atoms with Crippen molar-refractivity contribution in [1.29, 1.82) is 0 Å². The zero-order valence-electron chi connectivity index (χ0n) is 14.1. The normalized spacial score (nSPS) is 17.3. The molecule has 1 atom stereocenters. The van der Waals surface area contributed by atoms with Crippen molar-refractivity contribution >= 4 is 22.8 Å². The molecule has 0 radical (unpaired) electrons. The first-order chi connectivity index (χ1) is 12.2. The number of fused-ring (bicyclic) bond motifs is 1. The molecule has 2 aromatic heterocycles. The van der Waals surface area contributed by atoms with Gasteiger partial charge in [-0.15, -0.1) is 10.2 Å². The zero-order valence-corrected chi connectivity index (χ0v) is 14.1. The molecule has 1 unspecified atom stereocenters. The molecule has 3 heterocycles. The van der Waals surface area contributed by atoms with E-state index in [1.54, 1.807) is 6.20 Å². The fraction of sp³-hybridized carbons (Fsp3) is 0.333. The van der Waals surface area contributed by atoms with Gasteiger partial charge in [0.1, 0.15) is 0 Å². The van der Waals surface area contributed by atoms with Crippen molar-refractivity contribution in [1.82, 2.24) is 19.7 Å². The van der Waals surface area contributed by atoms with E-state index in [4.69, 9.17) is 5.73 Å². The van der Waals surface area contributed by atoms with Crippen molar-refractivity contribution in [2.24, 2.45) is 11.7 Å². The number of benzene rings is 1. The van der Waals surface area contributed by atoms with Crippen LogP contribution in [0.5, 0.6) is 0 Å². The van der Waals surface area contributed by atoms with Crippen molar-refractivity contribution in [3.8, 4) is 11.4 Å². The lowest BCUT2D eigenvalue weighted by Crippen LogP contribution is -2.28. The van der Waals surface area contributed by atoms with Gasteiger partial charge in [0.25, 0.3) is 0 Å². The third kappa shape index (κ3) is 2.71. The van der Waals surface area contributed by atoms with Gasteiger partial charge in [0.15, 0.2) is 5.82 Å². The Balaban J connectivity index is 1.71. The Bertz CT molecular complexity index is 934. The Morgan fingerprint density at radius 1 is 1.32 bits per heavy atom. The van der Waals surface area contributed by atoms with Gasteiger partial charge in [0, 0.05) is 36.8 Å². The summed E-state index contributed by atoms with van der Waals surface area (Å²) in [5.41, 5.74) is 7.41. The minimum Gasteiger partial charge on any atom is -0.369 e. The second-order valence-corrected chi connectivity index (χ2v) is 6.31. The average molecular weight is 336 g/mol. The van der Waals surface area contributed by atoms with E-state index >= 15 is 0 Å². The molecule has 2 N–H and O–H groups in total. The minimum atomic E-state index is -0.243. The highest BCUT2D eigenvalue weighted by atomic mass is 16.1. The molecular formula is C18H20N6O. The van der Waals surface area contributed by atoms with E-state index in [0.717, 1.165) is 47.7 Å². The van der Waals surface area contributed by atoms with E-state index in [2.05, 4.69) is 37.6 Å². The number of nitrogens with zero attached hydrogens (tertiary/aromatic N) is 5. The van der Waals surface area contributed by atoms with Crippen LogP contribution in [0.1, 0.15) is 13.3 Å². The number of nitrogens with two attached hydrogens (primary N) is 1. The predicted molar refractivity (Wildman–Crippen MR) is 95.9 cm³/mol. The van der Waals surface area contributed by atoms with Crippen LogP contribution in [-0.4, -0.2) is 38.7 Å². The molecule has 128 valence electrons. The molecule has 1 aliphatic rings. The quantitative estimate of drug-likeness (QED) is 0.785. The fourth-order valence-electron chi connectivity index (χ4n) is 3.42. The molecule has 0 bridgehead atoms. The molecule has 1 aromatic carbocycles. The molecule has 7 nitrogen and oxygen atoms in total. The maximum atomic E-state index is 11.4. The highest BCUT2D eigenvalue weighted by Crippen LogP contribution is 2.28. The molecule has 1 saturated heterocycles. The van der Waals surface area contributed by atoms with E-state index in [9.17, 15) is 4.79 Å². The van der Waals surface area contributed by atoms with Crippen LogP contribution in [0.15, 0.2) is 36.5 Å². The molecular weight excluding hydrogens is 316 g/mol. The molecule has 3 aromatic rings. The first-order valence-electron chi connectivity index (χ1n) is 8.50. The van der Waals surface area contributed by atoms with Gasteiger partial charge in [-0.25, -0.2) is 0 Å². The van der Waals surface area contributed by atoms with Crippen molar-refractivity contribution in [2.75, 3.05) is 18.0 Å². The predicted octanol–water partition coefficient (Wildman–Crippen LogP) is 1.82. The van der Waals surface area contributed by atoms with Gasteiger partial charge in [-0.05, 0) is 37.6 Å². The van der Waals surface area contributed by atoms with Gasteiger partial charge in [0.05, 0.1) is 11.4 Å². The lowest BCUT2D eigenvalue weighted by molar-refractivity contribution is -0.121. The number of pyridine rings is 1. The number of carbonyl (C=O) groups is 1. The first kappa shape index (κ1) is 15.6. The van der Waals surface area contributed by atoms with E-state index in [1.807, 2.05) is 24.3 Å². The Hall–Kier alpha value is -2.96. The number of anilines is 1. The molecule has 7 heteroatoms. The Morgan fingerprint density at radius 3 is 2.96 bits per heavy atom. The smallest absolute Gasteiger partial charge is 0.227 e. The van der Waals surface area contributed by atoms with Gasteiger partial charge in [-0.1, -0.05) is 6.07 Å². The van der Waals surface area contributed by atoms with Crippen molar-refractivity contribution < 1.29 is 4.79 Å². The lowest BCUT2D eigenvalue weighted by atomic mass is 10.1. The molecule has 0 aliphatic carbocycles. The second kappa shape index (κ2) is 6.16. The van der Waals surface area contributed by atoms with E-state index < -0.39 is 0 Å². The van der Waals surface area contributed by atoms with E-state index in [0.29, 0.717) is 6.54 Å². The zero-order chi connectivity index (χ0) is 17.4. The standard InChI is InChI=1S/C18H20N6O/c1-2-24-17(13-5-6-15-12(10-13)4-3-8-20-15)21-22-18(24)23-9-7-14(11-23)16(19)25/h3-6,8,10,14H,2,7,9,11H2,1H3,(H2,19,25). The summed E-state index contributed by atoms with van der Waals surface area (Å²) in [6.07, 6.45) is 2.56. The van der Waals surface area contributed by atoms with E-state index in [1.165, 1.54) is 0 Å². The van der Waals surface area contributed by atoms with Gasteiger partial charge in [0.2, 0.25) is 11.9 Å². The Labute approximate surface area is 145 Å². The third-order valence-electron chi connectivity index (χ3n) is 4.78. The van der Waals surface area contributed by atoms with Gasteiger partial charge < -0.3 is 10.6 Å². The van der Waals surface area contributed by atoms with Crippen LogP contribution in [0, 0.1) is 5.92 Å². The summed E-state index contributed by atoms with van der Waals surface area (Å²) in [5.74, 6) is 1.27. The summed E-state index contributed by atoms with van der Waals surface area (Å²) < 4.78 is 2.08. The number of hydrogen-bond donors (Lipinski definition) is 1. The highest BCUT2D eigenvalue weighted by Gasteiger charge is 2.30. The molecule has 0 spiro atoms. The number of carbonyl (C=O) groups excluding carboxylic acids is 1. The van der Waals surface area contributed by atoms with Crippen LogP contribution >= 0.6 is 0 Å². The fourth-order valence-corrected chi connectivity index (χ4v) is 3.42. The lowest BCUT2D eigenvalue weighted by Gasteiger charge is -2.18. The summed E-state index contributed by atoms with van der Waals surface area (Å²) in [5, 5.41) is 9.88. The van der Waals surface area contributed by atoms with Crippen molar-refractivity contribution in [3.05, 3.63) is 36.5 Å². The first-order valence-corrected chi connectivity index (χ1v) is 8.50. The van der Waals surface area contributed by atoms with Crippen LogP contribution in [0.25, 0.3) is 22.3 Å². The molecule has 1 fully saturated rings. The number of aromatic nitrogens is 4. The summed E-state index contributed by atoms with van der Waals surface area (Å²) in [7, 11) is 0. The number of amides is 1. The summed E-state index contributed by atoms with van der Waals surface area (Å²) in [4.78, 5) is 17.9. The molecule has 1 aliphatic heterocycles. The molecule has 0 saturated carbocycles. The number of rotatable bonds is 4. The van der Waals surface area contributed by atoms with Crippen LogP contribution in [-0.2, 0) is 11.3 Å². The SMILES string of the molecule is CCn1c(-c2ccc3ncccc3c2)nnc1N1CCC(C(N)=O)C1. The van der Waals surface area contributed by atoms with E-state index in [-0.39, 0.29) is 11.8 Å². The van der Waals surface area contributed by atoms with Crippen LogP contribution in [0.3, 0.4) is 0 Å². The largest absolute Gasteiger partial charge is 0.369 e. The monoisotopic (exact) mass is 336 g/mol. The summed E-state index contributed by atoms with van der Waals surface area (Å²) in [6.45, 7) is 4.20. The van der Waals surface area contributed by atoms with Gasteiger partial charge >= 0.3 is 0 Å². The van der Waals surface area contributed by atoms with Gasteiger partial charge in [-0.2, -0.15) is 0 Å². The second-order valence-electron chi connectivity index (χ2n) is 6.31. The van der Waals surface area contributed by atoms with Crippen LogP contribution < -0.4 is 10.6 Å². The molecule has 1 amide bonds.